The number of anilines is 1. The van der Waals surface area contributed by atoms with Crippen molar-refractivity contribution in [3.05, 3.63) is 105 Å². The predicted molar refractivity (Wildman–Crippen MR) is 155 cm³/mol. The highest BCUT2D eigenvalue weighted by atomic mass is 35.5. The molecule has 1 aliphatic heterocycles. The van der Waals surface area contributed by atoms with Crippen molar-refractivity contribution in [2.75, 3.05) is 12.4 Å². The summed E-state index contributed by atoms with van der Waals surface area (Å²) in [5, 5.41) is 16.0. The van der Waals surface area contributed by atoms with Gasteiger partial charge in [0.05, 0.1) is 53.2 Å². The number of esters is 1. The zero-order chi connectivity index (χ0) is 30.8. The van der Waals surface area contributed by atoms with Gasteiger partial charge in [0.1, 0.15) is 11.6 Å². The molecule has 0 fully saturated rings. The molecule has 2 bridgehead atoms. The summed E-state index contributed by atoms with van der Waals surface area (Å²) in [6.07, 6.45) is 3.30. The molecule has 0 radical (unpaired) electrons. The normalized spacial score (nSPS) is 16.8. The van der Waals surface area contributed by atoms with E-state index >= 15 is 4.39 Å². The Balaban J connectivity index is 1.62. The first-order chi connectivity index (χ1) is 20.6. The number of carbonyl (C=O) groups excluding carboxylic acids is 2. The summed E-state index contributed by atoms with van der Waals surface area (Å²) in [6, 6.07) is 11.5. The van der Waals surface area contributed by atoms with Crippen molar-refractivity contribution in [1.29, 1.82) is 0 Å². The molecule has 2 aromatic heterocycles. The molecule has 2 aromatic carbocycles. The third-order valence-corrected chi connectivity index (χ3v) is 7.96. The van der Waals surface area contributed by atoms with Gasteiger partial charge < -0.3 is 15.3 Å². The molecule has 5 rings (SSSR count). The number of hydrogen-bond acceptors (Lipinski definition) is 5. The number of benzene rings is 2. The average Bonchev–Trinajstić information content (AvgIpc) is 2.98. The minimum Gasteiger partial charge on any atom is -0.618 e. The van der Waals surface area contributed by atoms with Gasteiger partial charge in [-0.15, -0.1) is 0 Å². The topological polar surface area (TPSA) is 95.2 Å². The van der Waals surface area contributed by atoms with Crippen molar-refractivity contribution in [1.82, 2.24) is 4.98 Å². The zero-order valence-electron chi connectivity index (χ0n) is 23.3. The third kappa shape index (κ3) is 6.19. The van der Waals surface area contributed by atoms with E-state index in [1.165, 1.54) is 25.3 Å². The van der Waals surface area contributed by atoms with Crippen LogP contribution in [0.3, 0.4) is 0 Å². The Bertz CT molecular complexity index is 1730. The molecule has 11 heteroatoms. The maximum Gasteiger partial charge on any atom is 0.309 e. The molecular formula is C32H27ClF3N3O4. The van der Waals surface area contributed by atoms with Crippen molar-refractivity contribution >= 4 is 29.2 Å². The number of amides is 1. The largest absolute Gasteiger partial charge is 0.618 e. The molecule has 7 nitrogen and oxygen atoms in total. The van der Waals surface area contributed by atoms with Gasteiger partial charge >= 0.3 is 5.97 Å². The number of ether oxygens (including phenoxy) is 1. The first-order valence-corrected chi connectivity index (χ1v) is 14.0. The van der Waals surface area contributed by atoms with E-state index in [1.807, 2.05) is 0 Å². The van der Waals surface area contributed by atoms with Gasteiger partial charge in [-0.2, -0.15) is 4.73 Å². The monoisotopic (exact) mass is 609 g/mol. The number of aromatic nitrogens is 2. The number of rotatable bonds is 4. The van der Waals surface area contributed by atoms with E-state index in [0.29, 0.717) is 46.5 Å². The fraction of sp³-hybridized carbons (Fsp3) is 0.250. The molecule has 0 saturated heterocycles. The lowest BCUT2D eigenvalue weighted by Crippen LogP contribution is -2.34. The molecule has 43 heavy (non-hydrogen) atoms. The summed E-state index contributed by atoms with van der Waals surface area (Å²) in [5.41, 5.74) is 1.72. The molecule has 1 N–H and O–H groups in total. The second-order valence-corrected chi connectivity index (χ2v) is 10.9. The molecule has 0 spiro atoms. The fourth-order valence-electron chi connectivity index (χ4n) is 5.32. The van der Waals surface area contributed by atoms with Gasteiger partial charge in [-0.25, -0.2) is 13.2 Å². The summed E-state index contributed by atoms with van der Waals surface area (Å²) < 4.78 is 49.9. The number of fused-ring (bicyclic) bond motifs is 4. The molecule has 2 atom stereocenters. The van der Waals surface area contributed by atoms with Gasteiger partial charge in [0.25, 0.3) is 0 Å². The molecule has 3 heterocycles. The maximum atomic E-state index is 15.4. The number of carbonyl (C=O) groups is 2. The lowest BCUT2D eigenvalue weighted by molar-refractivity contribution is -0.614. The number of halogens is 4. The standard InChI is InChI=1S/C32H27ClF3N3O4/c1-17-4-3-5-20(28-11-7-19(16-39(28)42)30-24(34)10-9-23(33)31(30)36)22-14-26(37-15-25(22)35)21-8-6-18(13-29(40)43-2)12-27(21)38-32(17)41/h6-12,14-17,20H,3-5,13H2,1-2H3,(H,38,41)/t17-,20-/m1/s1. The van der Waals surface area contributed by atoms with Crippen LogP contribution in [0.5, 0.6) is 0 Å². The summed E-state index contributed by atoms with van der Waals surface area (Å²) >= 11 is 5.84. The van der Waals surface area contributed by atoms with Crippen molar-refractivity contribution in [2.45, 2.75) is 38.5 Å². The predicted octanol–water partition coefficient (Wildman–Crippen LogP) is 6.73. The second kappa shape index (κ2) is 12.4. The van der Waals surface area contributed by atoms with Gasteiger partial charge in [0.2, 0.25) is 5.91 Å². The molecule has 0 aliphatic carbocycles. The number of nitrogens with zero attached hydrogens (tertiary/aromatic N) is 2. The van der Waals surface area contributed by atoms with Crippen LogP contribution in [-0.4, -0.2) is 24.0 Å². The quantitative estimate of drug-likeness (QED) is 0.120. The zero-order valence-corrected chi connectivity index (χ0v) is 24.1. The van der Waals surface area contributed by atoms with Crippen molar-refractivity contribution in [3.8, 4) is 22.4 Å². The van der Waals surface area contributed by atoms with Gasteiger partial charge in [0, 0.05) is 23.1 Å². The van der Waals surface area contributed by atoms with Gasteiger partial charge in [-0.1, -0.05) is 37.1 Å². The van der Waals surface area contributed by atoms with Crippen LogP contribution in [0.25, 0.3) is 22.4 Å². The van der Waals surface area contributed by atoms with Crippen molar-refractivity contribution < 1.29 is 32.2 Å². The Morgan fingerprint density at radius 1 is 1.12 bits per heavy atom. The Morgan fingerprint density at radius 3 is 2.65 bits per heavy atom. The SMILES string of the molecule is COC(=O)Cc1ccc2c(c1)NC(=O)[C@H](C)CCC[C@@H](c1ccc(-c3c(F)ccc(Cl)c3F)c[n+]1[O-])c1cc-2ncc1F. The molecule has 0 saturated carbocycles. The fourth-order valence-corrected chi connectivity index (χ4v) is 5.47. The van der Waals surface area contributed by atoms with Crippen LogP contribution in [0.1, 0.15) is 48.9 Å². The summed E-state index contributed by atoms with van der Waals surface area (Å²) in [5.74, 6) is -4.40. The third-order valence-electron chi connectivity index (χ3n) is 7.67. The lowest BCUT2D eigenvalue weighted by atomic mass is 9.87. The van der Waals surface area contributed by atoms with Crippen LogP contribution < -0.4 is 10.0 Å². The highest BCUT2D eigenvalue weighted by molar-refractivity contribution is 6.31. The van der Waals surface area contributed by atoms with E-state index < -0.39 is 40.8 Å². The highest BCUT2D eigenvalue weighted by Gasteiger charge is 2.29. The van der Waals surface area contributed by atoms with Crippen LogP contribution in [0.2, 0.25) is 5.02 Å². The van der Waals surface area contributed by atoms with Crippen LogP contribution in [0, 0.1) is 28.6 Å². The average molecular weight is 610 g/mol. The number of nitrogens with one attached hydrogen (secondary N) is 1. The number of hydrogen-bond donors (Lipinski definition) is 1. The Hall–Kier alpha value is -4.44. The van der Waals surface area contributed by atoms with Crippen LogP contribution >= 0.6 is 11.6 Å². The van der Waals surface area contributed by atoms with E-state index in [-0.39, 0.29) is 34.2 Å². The van der Waals surface area contributed by atoms with E-state index in [1.54, 1.807) is 25.1 Å². The van der Waals surface area contributed by atoms with Crippen LogP contribution in [0.4, 0.5) is 18.9 Å². The summed E-state index contributed by atoms with van der Waals surface area (Å²) in [7, 11) is 1.28. The van der Waals surface area contributed by atoms with Gasteiger partial charge in [-0.05, 0) is 48.7 Å². The van der Waals surface area contributed by atoms with Gasteiger partial charge in [-0.3, -0.25) is 14.6 Å². The van der Waals surface area contributed by atoms with E-state index in [0.717, 1.165) is 24.5 Å². The Kier molecular flexibility index (Phi) is 8.68. The maximum absolute atomic E-state index is 15.4. The molecule has 0 unspecified atom stereocenters. The smallest absolute Gasteiger partial charge is 0.309 e. The van der Waals surface area contributed by atoms with Crippen LogP contribution in [0.15, 0.2) is 60.9 Å². The van der Waals surface area contributed by atoms with Crippen LogP contribution in [-0.2, 0) is 20.7 Å². The first-order valence-electron chi connectivity index (χ1n) is 13.6. The summed E-state index contributed by atoms with van der Waals surface area (Å²) in [4.78, 5) is 29.2. The molecule has 222 valence electrons. The van der Waals surface area contributed by atoms with E-state index in [4.69, 9.17) is 16.3 Å². The summed E-state index contributed by atoms with van der Waals surface area (Å²) in [6.45, 7) is 1.77. The van der Waals surface area contributed by atoms with Gasteiger partial charge in [0.15, 0.2) is 17.7 Å². The second-order valence-electron chi connectivity index (χ2n) is 10.5. The van der Waals surface area contributed by atoms with E-state index in [2.05, 4.69) is 10.3 Å². The number of methoxy groups -OCH3 is 1. The molecule has 1 aliphatic rings. The number of pyridine rings is 2. The van der Waals surface area contributed by atoms with Crippen molar-refractivity contribution in [2.24, 2.45) is 5.92 Å². The molecular weight excluding hydrogens is 583 g/mol. The highest BCUT2D eigenvalue weighted by Crippen LogP contribution is 2.37. The minimum atomic E-state index is -0.995. The molecule has 4 aromatic rings. The minimum absolute atomic E-state index is 0.0120. The Labute approximate surface area is 250 Å². The Morgan fingerprint density at radius 2 is 1.91 bits per heavy atom. The first kappa shape index (κ1) is 30.0. The molecule has 1 amide bonds. The lowest BCUT2D eigenvalue weighted by Gasteiger charge is -2.22. The van der Waals surface area contributed by atoms with E-state index in [9.17, 15) is 23.6 Å². The van der Waals surface area contributed by atoms with Crippen molar-refractivity contribution in [3.63, 3.8) is 0 Å².